The lowest BCUT2D eigenvalue weighted by atomic mass is 10.3. The summed E-state index contributed by atoms with van der Waals surface area (Å²) in [6.45, 7) is 0. The number of carbonyl (C=O) groups is 1. The fraction of sp³-hybridized carbons (Fsp3) is 0. The molecule has 5 heteroatoms. The van der Waals surface area contributed by atoms with Gasteiger partial charge >= 0.3 is 6.09 Å². The number of amides is 1. The Labute approximate surface area is 77.0 Å². The van der Waals surface area contributed by atoms with Gasteiger partial charge < -0.3 is 10.2 Å². The van der Waals surface area contributed by atoms with Crippen molar-refractivity contribution in [1.82, 2.24) is 0 Å². The molecule has 64 valence electrons. The standard InChI is InChI=1S/C7H6BrNO3/c8-5-3-4(9-7(11)12)1-2-6(5)10/h1-3,9-10H,(H,11,12). The third-order valence-corrected chi connectivity index (χ3v) is 1.83. The van der Waals surface area contributed by atoms with E-state index in [-0.39, 0.29) is 5.75 Å². The maximum atomic E-state index is 10.2. The number of phenolic OH excluding ortho intramolecular Hbond substituents is 1. The molecule has 3 N–H and O–H groups in total. The van der Waals surface area contributed by atoms with Gasteiger partial charge in [-0.15, -0.1) is 0 Å². The molecule has 0 aliphatic heterocycles. The van der Waals surface area contributed by atoms with Gasteiger partial charge in [-0.25, -0.2) is 4.79 Å². The van der Waals surface area contributed by atoms with Crippen molar-refractivity contribution in [3.05, 3.63) is 22.7 Å². The van der Waals surface area contributed by atoms with Gasteiger partial charge in [-0.1, -0.05) is 0 Å². The minimum Gasteiger partial charge on any atom is -0.507 e. The van der Waals surface area contributed by atoms with Crippen LogP contribution >= 0.6 is 15.9 Å². The van der Waals surface area contributed by atoms with E-state index in [2.05, 4.69) is 21.2 Å². The number of nitrogens with one attached hydrogen (secondary N) is 1. The highest BCUT2D eigenvalue weighted by Gasteiger charge is 2.01. The summed E-state index contributed by atoms with van der Waals surface area (Å²) in [5.74, 6) is 0.0749. The van der Waals surface area contributed by atoms with Crippen LogP contribution in [-0.4, -0.2) is 16.3 Å². The molecule has 0 aliphatic carbocycles. The summed E-state index contributed by atoms with van der Waals surface area (Å²) in [6.07, 6.45) is -1.13. The number of hydrogen-bond donors (Lipinski definition) is 3. The van der Waals surface area contributed by atoms with E-state index in [1.165, 1.54) is 18.2 Å². The van der Waals surface area contributed by atoms with Gasteiger partial charge in [-0.2, -0.15) is 0 Å². The van der Waals surface area contributed by atoms with Gasteiger partial charge in [0.1, 0.15) is 5.75 Å². The van der Waals surface area contributed by atoms with Gasteiger partial charge in [0.25, 0.3) is 0 Å². The monoisotopic (exact) mass is 231 g/mol. The van der Waals surface area contributed by atoms with E-state index in [4.69, 9.17) is 10.2 Å². The van der Waals surface area contributed by atoms with Gasteiger partial charge in [0.05, 0.1) is 4.47 Å². The Balaban J connectivity index is 2.89. The van der Waals surface area contributed by atoms with Gasteiger partial charge in [-0.3, -0.25) is 5.32 Å². The highest BCUT2D eigenvalue weighted by molar-refractivity contribution is 9.10. The highest BCUT2D eigenvalue weighted by atomic mass is 79.9. The average Bonchev–Trinajstić information content (AvgIpc) is 1.96. The Morgan fingerprint density at radius 2 is 2.17 bits per heavy atom. The first-order chi connectivity index (χ1) is 5.59. The minimum atomic E-state index is -1.13. The van der Waals surface area contributed by atoms with E-state index >= 15 is 0 Å². The molecular weight excluding hydrogens is 226 g/mol. The number of anilines is 1. The van der Waals surface area contributed by atoms with E-state index in [0.29, 0.717) is 10.2 Å². The zero-order chi connectivity index (χ0) is 9.14. The first kappa shape index (κ1) is 8.86. The van der Waals surface area contributed by atoms with Crippen LogP contribution in [0.25, 0.3) is 0 Å². The van der Waals surface area contributed by atoms with Gasteiger partial charge in [0.15, 0.2) is 0 Å². The Hall–Kier alpha value is -1.23. The van der Waals surface area contributed by atoms with Crippen molar-refractivity contribution in [2.24, 2.45) is 0 Å². The second-order valence-electron chi connectivity index (χ2n) is 2.10. The molecule has 0 radical (unpaired) electrons. The van der Waals surface area contributed by atoms with Crippen molar-refractivity contribution in [2.75, 3.05) is 5.32 Å². The molecule has 1 aromatic carbocycles. The van der Waals surface area contributed by atoms with Crippen molar-refractivity contribution in [1.29, 1.82) is 0 Å². The molecule has 1 rings (SSSR count). The summed E-state index contributed by atoms with van der Waals surface area (Å²) in [7, 11) is 0. The maximum absolute atomic E-state index is 10.2. The fourth-order valence-corrected chi connectivity index (χ4v) is 1.09. The SMILES string of the molecule is O=C(O)Nc1ccc(O)c(Br)c1. The van der Waals surface area contributed by atoms with E-state index in [1.807, 2.05) is 0 Å². The van der Waals surface area contributed by atoms with E-state index in [9.17, 15) is 4.79 Å². The molecule has 0 unspecified atom stereocenters. The van der Waals surface area contributed by atoms with Crippen LogP contribution in [0.5, 0.6) is 5.75 Å². The first-order valence-corrected chi connectivity index (χ1v) is 3.87. The predicted octanol–water partition coefficient (Wildman–Crippen LogP) is 2.24. The number of halogens is 1. The van der Waals surface area contributed by atoms with Crippen LogP contribution < -0.4 is 5.32 Å². The van der Waals surface area contributed by atoms with Crippen molar-refractivity contribution in [3.63, 3.8) is 0 Å². The number of rotatable bonds is 1. The Morgan fingerprint density at radius 3 is 2.67 bits per heavy atom. The normalized spacial score (nSPS) is 9.42. The lowest BCUT2D eigenvalue weighted by Crippen LogP contribution is -2.06. The van der Waals surface area contributed by atoms with Crippen molar-refractivity contribution < 1.29 is 15.0 Å². The minimum absolute atomic E-state index is 0.0749. The van der Waals surface area contributed by atoms with E-state index < -0.39 is 6.09 Å². The lowest BCUT2D eigenvalue weighted by Gasteiger charge is -2.01. The quantitative estimate of drug-likeness (QED) is 0.650. The first-order valence-electron chi connectivity index (χ1n) is 3.08. The number of benzene rings is 1. The van der Waals surface area contributed by atoms with Crippen LogP contribution in [0.2, 0.25) is 0 Å². The average molecular weight is 232 g/mol. The van der Waals surface area contributed by atoms with Crippen LogP contribution in [0.3, 0.4) is 0 Å². The molecule has 0 saturated carbocycles. The summed E-state index contributed by atoms with van der Waals surface area (Å²) in [5, 5.41) is 19.5. The molecule has 4 nitrogen and oxygen atoms in total. The largest absolute Gasteiger partial charge is 0.507 e. The third kappa shape index (κ3) is 2.13. The predicted molar refractivity (Wildman–Crippen MR) is 47.5 cm³/mol. The van der Waals surface area contributed by atoms with E-state index in [0.717, 1.165) is 0 Å². The molecule has 1 aromatic rings. The molecule has 0 heterocycles. The molecule has 12 heavy (non-hydrogen) atoms. The Morgan fingerprint density at radius 1 is 1.50 bits per heavy atom. The summed E-state index contributed by atoms with van der Waals surface area (Å²) >= 11 is 3.05. The second-order valence-corrected chi connectivity index (χ2v) is 2.95. The Bertz CT molecular complexity index is 314. The molecule has 0 aliphatic rings. The maximum Gasteiger partial charge on any atom is 0.409 e. The number of carboxylic acid groups (broad SMARTS) is 1. The second kappa shape index (κ2) is 3.44. The van der Waals surface area contributed by atoms with Crippen LogP contribution in [0.1, 0.15) is 0 Å². The molecule has 0 saturated heterocycles. The van der Waals surface area contributed by atoms with Gasteiger partial charge in [-0.05, 0) is 34.1 Å². The third-order valence-electron chi connectivity index (χ3n) is 1.20. The van der Waals surface area contributed by atoms with Crippen LogP contribution in [-0.2, 0) is 0 Å². The van der Waals surface area contributed by atoms with Gasteiger partial charge in [0, 0.05) is 5.69 Å². The van der Waals surface area contributed by atoms with E-state index in [1.54, 1.807) is 0 Å². The van der Waals surface area contributed by atoms with Crippen molar-refractivity contribution in [2.45, 2.75) is 0 Å². The zero-order valence-corrected chi connectivity index (χ0v) is 7.50. The molecule has 0 atom stereocenters. The smallest absolute Gasteiger partial charge is 0.409 e. The molecule has 0 spiro atoms. The summed E-state index contributed by atoms with van der Waals surface area (Å²) < 4.78 is 0.453. The highest BCUT2D eigenvalue weighted by Crippen LogP contribution is 2.26. The van der Waals surface area contributed by atoms with Crippen LogP contribution in [0.15, 0.2) is 22.7 Å². The van der Waals surface area contributed by atoms with Crippen LogP contribution in [0, 0.1) is 0 Å². The topological polar surface area (TPSA) is 69.6 Å². The lowest BCUT2D eigenvalue weighted by molar-refractivity contribution is 0.209. The van der Waals surface area contributed by atoms with Gasteiger partial charge in [0.2, 0.25) is 0 Å². The number of phenols is 1. The summed E-state index contributed by atoms with van der Waals surface area (Å²) in [5.41, 5.74) is 0.409. The zero-order valence-electron chi connectivity index (χ0n) is 5.91. The summed E-state index contributed by atoms with van der Waals surface area (Å²) in [4.78, 5) is 10.2. The molecule has 1 amide bonds. The molecular formula is C7H6BrNO3. The Kier molecular flexibility index (Phi) is 2.54. The molecule has 0 fully saturated rings. The summed E-state index contributed by atoms with van der Waals surface area (Å²) in [6, 6.07) is 4.34. The van der Waals surface area contributed by atoms with Crippen molar-refractivity contribution in [3.8, 4) is 5.75 Å². The fourth-order valence-electron chi connectivity index (χ4n) is 0.708. The van der Waals surface area contributed by atoms with Crippen molar-refractivity contribution >= 4 is 27.7 Å². The molecule has 0 bridgehead atoms. The van der Waals surface area contributed by atoms with Crippen LogP contribution in [0.4, 0.5) is 10.5 Å². The number of hydrogen-bond acceptors (Lipinski definition) is 2. The molecule has 0 aromatic heterocycles. The number of aromatic hydroxyl groups is 1.